The summed E-state index contributed by atoms with van der Waals surface area (Å²) in [5.74, 6) is 0.00758. The number of methoxy groups -OCH3 is 1. The van der Waals surface area contributed by atoms with Gasteiger partial charge in [-0.2, -0.15) is 0 Å². The molecule has 0 saturated carbocycles. The number of sulfonamides is 2. The van der Waals surface area contributed by atoms with E-state index in [0.717, 1.165) is 6.07 Å². The molecule has 0 aromatic heterocycles. The van der Waals surface area contributed by atoms with E-state index in [2.05, 4.69) is 4.72 Å². The molecule has 0 fully saturated rings. The zero-order chi connectivity index (χ0) is 17.3. The first-order valence-corrected chi connectivity index (χ1v) is 9.54. The molecule has 2 rings (SSSR count). The van der Waals surface area contributed by atoms with E-state index in [1.165, 1.54) is 37.4 Å². The van der Waals surface area contributed by atoms with Gasteiger partial charge in [0.05, 0.1) is 17.8 Å². The predicted octanol–water partition coefficient (Wildman–Crippen LogP) is 1.80. The molecule has 10 heteroatoms. The molecule has 23 heavy (non-hydrogen) atoms. The van der Waals surface area contributed by atoms with Gasteiger partial charge < -0.3 is 4.74 Å². The Bertz CT molecular complexity index is 943. The number of nitrogens with two attached hydrogens (primary N) is 1. The molecule has 0 aliphatic carbocycles. The Labute approximate surface area is 139 Å². The highest BCUT2D eigenvalue weighted by molar-refractivity contribution is 7.92. The van der Waals surface area contributed by atoms with Gasteiger partial charge in [-0.1, -0.05) is 23.7 Å². The van der Waals surface area contributed by atoms with Crippen LogP contribution >= 0.6 is 11.6 Å². The van der Waals surface area contributed by atoms with Gasteiger partial charge in [-0.3, -0.25) is 4.72 Å². The van der Waals surface area contributed by atoms with Crippen molar-refractivity contribution in [2.24, 2.45) is 5.14 Å². The minimum absolute atomic E-state index is 0.00758. The maximum Gasteiger partial charge on any atom is 0.263 e. The van der Waals surface area contributed by atoms with Gasteiger partial charge >= 0.3 is 0 Å². The SMILES string of the molecule is COc1ccc(NS(=O)(=O)c2ccccc2Cl)cc1S(N)(=O)=O. The van der Waals surface area contributed by atoms with Crippen LogP contribution in [0, 0.1) is 0 Å². The minimum Gasteiger partial charge on any atom is -0.495 e. The monoisotopic (exact) mass is 376 g/mol. The first kappa shape index (κ1) is 17.5. The molecule has 0 atom stereocenters. The highest BCUT2D eigenvalue weighted by Gasteiger charge is 2.20. The summed E-state index contributed by atoms with van der Waals surface area (Å²) >= 11 is 5.87. The van der Waals surface area contributed by atoms with E-state index in [0.29, 0.717) is 0 Å². The van der Waals surface area contributed by atoms with E-state index < -0.39 is 20.0 Å². The Kier molecular flexibility index (Phi) is 4.85. The van der Waals surface area contributed by atoms with Crippen molar-refractivity contribution in [1.29, 1.82) is 0 Å². The number of primary sulfonamides is 1. The average molecular weight is 377 g/mol. The first-order chi connectivity index (χ1) is 10.6. The van der Waals surface area contributed by atoms with Crippen molar-refractivity contribution < 1.29 is 21.6 Å². The Balaban J connectivity index is 2.47. The minimum atomic E-state index is -4.08. The van der Waals surface area contributed by atoms with Gasteiger partial charge in [0.1, 0.15) is 15.5 Å². The lowest BCUT2D eigenvalue weighted by molar-refractivity contribution is 0.403. The van der Waals surface area contributed by atoms with Crippen molar-refractivity contribution in [2.75, 3.05) is 11.8 Å². The fourth-order valence-corrected chi connectivity index (χ4v) is 4.13. The van der Waals surface area contributed by atoms with E-state index in [-0.39, 0.29) is 26.3 Å². The quantitative estimate of drug-likeness (QED) is 0.825. The Hall–Kier alpha value is -1.81. The van der Waals surface area contributed by atoms with Crippen molar-refractivity contribution >= 4 is 37.3 Å². The molecule has 0 heterocycles. The van der Waals surface area contributed by atoms with E-state index in [4.69, 9.17) is 21.5 Å². The number of halogens is 1. The van der Waals surface area contributed by atoms with Gasteiger partial charge in [0.15, 0.2) is 0 Å². The molecule has 2 aromatic carbocycles. The molecule has 3 N–H and O–H groups in total. The van der Waals surface area contributed by atoms with Crippen LogP contribution in [0.15, 0.2) is 52.3 Å². The van der Waals surface area contributed by atoms with Crippen LogP contribution in [0.1, 0.15) is 0 Å². The molecule has 0 aliphatic heterocycles. The van der Waals surface area contributed by atoms with E-state index in [1.807, 2.05) is 0 Å². The van der Waals surface area contributed by atoms with Crippen LogP contribution in [0.5, 0.6) is 5.75 Å². The maximum atomic E-state index is 12.3. The van der Waals surface area contributed by atoms with Crippen molar-refractivity contribution in [3.63, 3.8) is 0 Å². The van der Waals surface area contributed by atoms with Crippen LogP contribution in [0.2, 0.25) is 5.02 Å². The lowest BCUT2D eigenvalue weighted by atomic mass is 10.3. The van der Waals surface area contributed by atoms with Crippen molar-refractivity contribution in [1.82, 2.24) is 0 Å². The molecule has 0 aliphatic rings. The van der Waals surface area contributed by atoms with Gasteiger partial charge in [0, 0.05) is 0 Å². The largest absolute Gasteiger partial charge is 0.495 e. The predicted molar refractivity (Wildman–Crippen MR) is 86.6 cm³/mol. The Morgan fingerprint density at radius 3 is 2.26 bits per heavy atom. The molecule has 0 spiro atoms. The number of nitrogens with one attached hydrogen (secondary N) is 1. The summed E-state index contributed by atoms with van der Waals surface area (Å²) in [6.07, 6.45) is 0. The molecule has 0 saturated heterocycles. The molecular formula is C13H13ClN2O5S2. The topological polar surface area (TPSA) is 116 Å². The average Bonchev–Trinajstić information content (AvgIpc) is 2.46. The van der Waals surface area contributed by atoms with Crippen LogP contribution in [0.3, 0.4) is 0 Å². The van der Waals surface area contributed by atoms with Crippen molar-refractivity contribution in [3.05, 3.63) is 47.5 Å². The lowest BCUT2D eigenvalue weighted by Gasteiger charge is -2.12. The number of rotatable bonds is 5. The molecular weight excluding hydrogens is 364 g/mol. The van der Waals surface area contributed by atoms with Crippen molar-refractivity contribution in [3.8, 4) is 5.75 Å². The lowest BCUT2D eigenvalue weighted by Crippen LogP contribution is -2.16. The third kappa shape index (κ3) is 3.94. The van der Waals surface area contributed by atoms with Crippen LogP contribution in [-0.4, -0.2) is 23.9 Å². The van der Waals surface area contributed by atoms with Gasteiger partial charge in [-0.15, -0.1) is 0 Å². The van der Waals surface area contributed by atoms with E-state index in [9.17, 15) is 16.8 Å². The van der Waals surface area contributed by atoms with E-state index >= 15 is 0 Å². The van der Waals surface area contributed by atoms with Gasteiger partial charge in [0.25, 0.3) is 10.0 Å². The van der Waals surface area contributed by atoms with Gasteiger partial charge in [-0.25, -0.2) is 22.0 Å². The van der Waals surface area contributed by atoms with Gasteiger partial charge in [-0.05, 0) is 30.3 Å². The zero-order valence-corrected chi connectivity index (χ0v) is 14.2. The third-order valence-corrected chi connectivity index (χ3v) is 5.66. The van der Waals surface area contributed by atoms with Gasteiger partial charge in [0.2, 0.25) is 10.0 Å². The van der Waals surface area contributed by atoms with E-state index in [1.54, 1.807) is 6.07 Å². The van der Waals surface area contributed by atoms with Crippen LogP contribution in [0.4, 0.5) is 5.69 Å². The number of ether oxygens (including phenoxy) is 1. The fourth-order valence-electron chi connectivity index (χ4n) is 1.84. The number of benzene rings is 2. The van der Waals surface area contributed by atoms with Crippen LogP contribution in [-0.2, 0) is 20.0 Å². The summed E-state index contributed by atoms with van der Waals surface area (Å²) in [5.41, 5.74) is 0.00902. The summed E-state index contributed by atoms with van der Waals surface area (Å²) in [6.45, 7) is 0. The fraction of sp³-hybridized carbons (Fsp3) is 0.0769. The maximum absolute atomic E-state index is 12.3. The Morgan fingerprint density at radius 2 is 1.70 bits per heavy atom. The number of anilines is 1. The van der Waals surface area contributed by atoms with Crippen LogP contribution in [0.25, 0.3) is 0 Å². The second-order valence-corrected chi connectivity index (χ2v) is 8.03. The molecule has 0 amide bonds. The highest BCUT2D eigenvalue weighted by Crippen LogP contribution is 2.28. The molecule has 0 bridgehead atoms. The molecule has 2 aromatic rings. The molecule has 124 valence electrons. The second kappa shape index (κ2) is 6.36. The highest BCUT2D eigenvalue weighted by atomic mass is 35.5. The van der Waals surface area contributed by atoms with Crippen molar-refractivity contribution in [2.45, 2.75) is 9.79 Å². The third-order valence-electron chi connectivity index (χ3n) is 2.85. The summed E-state index contributed by atoms with van der Waals surface area (Å²) < 4.78 is 54.9. The molecule has 0 unspecified atom stereocenters. The zero-order valence-electron chi connectivity index (χ0n) is 11.9. The summed E-state index contributed by atoms with van der Waals surface area (Å²) in [7, 11) is -6.79. The second-order valence-electron chi connectivity index (χ2n) is 4.45. The smallest absolute Gasteiger partial charge is 0.263 e. The Morgan fingerprint density at radius 1 is 1.04 bits per heavy atom. The summed E-state index contributed by atoms with van der Waals surface area (Å²) in [6, 6.07) is 9.58. The molecule has 0 radical (unpaired) electrons. The standard InChI is InChI=1S/C13H13ClN2O5S2/c1-21-11-7-6-9(8-13(11)22(15,17)18)16-23(19,20)12-5-3-2-4-10(12)14/h2-8,16H,1H3,(H2,15,17,18). The molecule has 7 nitrogen and oxygen atoms in total. The normalized spacial score (nSPS) is 12.0. The number of hydrogen-bond donors (Lipinski definition) is 2. The summed E-state index contributed by atoms with van der Waals surface area (Å²) in [4.78, 5) is -0.464. The summed E-state index contributed by atoms with van der Waals surface area (Å²) in [5, 5.41) is 5.14. The van der Waals surface area contributed by atoms with Crippen LogP contribution < -0.4 is 14.6 Å². The number of hydrogen-bond acceptors (Lipinski definition) is 5. The first-order valence-electron chi connectivity index (χ1n) is 6.13.